The lowest BCUT2D eigenvalue weighted by Crippen LogP contribution is -1.84. The maximum atomic E-state index is 4.41. The van der Waals surface area contributed by atoms with Crippen molar-refractivity contribution in [2.24, 2.45) is 0 Å². The summed E-state index contributed by atoms with van der Waals surface area (Å²) in [6, 6.07) is 8.19. The van der Waals surface area contributed by atoms with Crippen LogP contribution in [0.25, 0.3) is 10.9 Å². The van der Waals surface area contributed by atoms with Crippen LogP contribution in [0.3, 0.4) is 0 Å². The molecule has 66 valence electrons. The largest absolute Gasteiger partial charge is 0.241 e. The highest BCUT2D eigenvalue weighted by atomic mass is 79.9. The molecule has 0 aliphatic rings. The van der Waals surface area contributed by atoms with E-state index in [4.69, 9.17) is 0 Å². The fourth-order valence-corrected chi connectivity index (χ4v) is 1.91. The number of hydrogen-bond donors (Lipinski definition) is 0. The maximum absolute atomic E-state index is 4.41. The van der Waals surface area contributed by atoms with Crippen molar-refractivity contribution in [2.75, 3.05) is 0 Å². The molecule has 0 spiro atoms. The van der Waals surface area contributed by atoms with Gasteiger partial charge in [-0.3, -0.25) is 0 Å². The predicted molar refractivity (Wildman–Crippen MR) is 61.9 cm³/mol. The Kier molecular flexibility index (Phi) is 2.39. The first-order chi connectivity index (χ1) is 6.16. The molecule has 1 heterocycles. The van der Waals surface area contributed by atoms with Crippen molar-refractivity contribution in [3.8, 4) is 0 Å². The van der Waals surface area contributed by atoms with Crippen molar-refractivity contribution in [2.45, 2.75) is 6.92 Å². The lowest BCUT2D eigenvalue weighted by molar-refractivity contribution is 1.28. The number of pyridine rings is 1. The Morgan fingerprint density at radius 2 is 1.92 bits per heavy atom. The van der Waals surface area contributed by atoms with E-state index in [2.05, 4.69) is 49.0 Å². The number of aryl methyl sites for hydroxylation is 1. The Hall–Kier alpha value is -0.410. The van der Waals surface area contributed by atoms with Crippen molar-refractivity contribution in [3.63, 3.8) is 0 Å². The van der Waals surface area contributed by atoms with Crippen LogP contribution >= 0.6 is 31.9 Å². The normalized spacial score (nSPS) is 10.7. The quantitative estimate of drug-likeness (QED) is 0.668. The van der Waals surface area contributed by atoms with Crippen LogP contribution in [-0.4, -0.2) is 4.98 Å². The third-order valence-electron chi connectivity index (χ3n) is 1.91. The van der Waals surface area contributed by atoms with Crippen LogP contribution in [0.1, 0.15) is 5.56 Å². The van der Waals surface area contributed by atoms with Gasteiger partial charge in [-0.2, -0.15) is 0 Å². The Morgan fingerprint density at radius 1 is 1.15 bits per heavy atom. The third kappa shape index (κ3) is 1.76. The molecular formula is C10H7Br2N. The third-order valence-corrected chi connectivity index (χ3v) is 3.20. The zero-order valence-corrected chi connectivity index (χ0v) is 10.2. The summed E-state index contributed by atoms with van der Waals surface area (Å²) in [5, 5.41) is 1.16. The first kappa shape index (κ1) is 9.16. The van der Waals surface area contributed by atoms with Crippen LogP contribution in [0, 0.1) is 6.92 Å². The number of benzene rings is 1. The Labute approximate surface area is 93.4 Å². The van der Waals surface area contributed by atoms with Crippen molar-refractivity contribution >= 4 is 42.8 Å². The van der Waals surface area contributed by atoms with Crippen LogP contribution in [-0.2, 0) is 0 Å². The van der Waals surface area contributed by atoms with Gasteiger partial charge in [0.1, 0.15) is 4.60 Å². The van der Waals surface area contributed by atoms with Crippen molar-refractivity contribution in [1.82, 2.24) is 4.98 Å². The number of rotatable bonds is 0. The standard InChI is InChI=1S/C10H7Br2N/c1-6-4-7-5-8(11)2-3-9(7)13-10(6)12/h2-5H,1H3. The predicted octanol–water partition coefficient (Wildman–Crippen LogP) is 4.07. The summed E-state index contributed by atoms with van der Waals surface area (Å²) in [5.74, 6) is 0. The fraction of sp³-hybridized carbons (Fsp3) is 0.100. The maximum Gasteiger partial charge on any atom is 0.109 e. The summed E-state index contributed by atoms with van der Waals surface area (Å²) in [6.45, 7) is 2.04. The zero-order chi connectivity index (χ0) is 9.42. The van der Waals surface area contributed by atoms with Gasteiger partial charge < -0.3 is 0 Å². The van der Waals surface area contributed by atoms with Gasteiger partial charge in [0.15, 0.2) is 0 Å². The van der Waals surface area contributed by atoms with Crippen LogP contribution in [0.5, 0.6) is 0 Å². The molecule has 0 saturated carbocycles. The van der Waals surface area contributed by atoms with Crippen LogP contribution in [0.15, 0.2) is 33.3 Å². The SMILES string of the molecule is Cc1cc2cc(Br)ccc2nc1Br. The second kappa shape index (κ2) is 3.39. The smallest absolute Gasteiger partial charge is 0.109 e. The molecular weight excluding hydrogens is 294 g/mol. The van der Waals surface area contributed by atoms with E-state index in [9.17, 15) is 0 Å². The highest BCUT2D eigenvalue weighted by Crippen LogP contribution is 2.22. The van der Waals surface area contributed by atoms with E-state index in [1.807, 2.05) is 19.1 Å². The van der Waals surface area contributed by atoms with Crippen molar-refractivity contribution in [3.05, 3.63) is 38.9 Å². The molecule has 0 aliphatic carbocycles. The molecule has 1 aromatic heterocycles. The van der Waals surface area contributed by atoms with Gasteiger partial charge in [0.25, 0.3) is 0 Å². The summed E-state index contributed by atoms with van der Waals surface area (Å²) < 4.78 is 2.01. The molecule has 0 unspecified atom stereocenters. The van der Waals surface area contributed by atoms with Crippen LogP contribution in [0.2, 0.25) is 0 Å². The summed E-state index contributed by atoms with van der Waals surface area (Å²) in [7, 11) is 0. The molecule has 0 aliphatic heterocycles. The molecule has 13 heavy (non-hydrogen) atoms. The molecule has 2 rings (SSSR count). The van der Waals surface area contributed by atoms with Crippen LogP contribution in [0.4, 0.5) is 0 Å². The number of hydrogen-bond acceptors (Lipinski definition) is 1. The molecule has 2 aromatic rings. The average molecular weight is 301 g/mol. The molecule has 3 heteroatoms. The van der Waals surface area contributed by atoms with E-state index in [0.29, 0.717) is 0 Å². The summed E-state index contributed by atoms with van der Waals surface area (Å²) in [4.78, 5) is 4.41. The van der Waals surface area contributed by atoms with Gasteiger partial charge in [0, 0.05) is 9.86 Å². The summed E-state index contributed by atoms with van der Waals surface area (Å²) >= 11 is 6.85. The van der Waals surface area contributed by atoms with Crippen molar-refractivity contribution < 1.29 is 0 Å². The van der Waals surface area contributed by atoms with Gasteiger partial charge in [-0.25, -0.2) is 4.98 Å². The van der Waals surface area contributed by atoms with Gasteiger partial charge >= 0.3 is 0 Å². The molecule has 0 saturated heterocycles. The molecule has 0 fully saturated rings. The van der Waals surface area contributed by atoms with Gasteiger partial charge in [-0.1, -0.05) is 15.9 Å². The van der Waals surface area contributed by atoms with Crippen LogP contribution < -0.4 is 0 Å². The van der Waals surface area contributed by atoms with E-state index in [-0.39, 0.29) is 0 Å². The van der Waals surface area contributed by atoms with Gasteiger partial charge in [-0.15, -0.1) is 0 Å². The van der Waals surface area contributed by atoms with Gasteiger partial charge in [0.2, 0.25) is 0 Å². The number of fused-ring (bicyclic) bond motifs is 1. The van der Waals surface area contributed by atoms with Crippen molar-refractivity contribution in [1.29, 1.82) is 0 Å². The lowest BCUT2D eigenvalue weighted by Gasteiger charge is -2.01. The average Bonchev–Trinajstić information content (AvgIpc) is 2.08. The highest BCUT2D eigenvalue weighted by Gasteiger charge is 2.00. The molecule has 0 bridgehead atoms. The Balaban J connectivity index is 2.81. The number of nitrogens with zero attached hydrogens (tertiary/aromatic N) is 1. The Morgan fingerprint density at radius 3 is 2.69 bits per heavy atom. The zero-order valence-electron chi connectivity index (χ0n) is 7.01. The minimum absolute atomic E-state index is 0.919. The minimum Gasteiger partial charge on any atom is -0.241 e. The second-order valence-electron chi connectivity index (χ2n) is 2.93. The molecule has 1 nitrogen and oxygen atoms in total. The van der Waals surface area contributed by atoms with E-state index in [1.165, 1.54) is 0 Å². The molecule has 0 atom stereocenters. The van der Waals surface area contributed by atoms with Gasteiger partial charge in [-0.05, 0) is 52.7 Å². The van der Waals surface area contributed by atoms with Gasteiger partial charge in [0.05, 0.1) is 5.52 Å². The van der Waals surface area contributed by atoms with E-state index in [1.54, 1.807) is 0 Å². The summed E-state index contributed by atoms with van der Waals surface area (Å²) in [6.07, 6.45) is 0. The number of aromatic nitrogens is 1. The number of halogens is 2. The monoisotopic (exact) mass is 299 g/mol. The molecule has 0 amide bonds. The van der Waals surface area contributed by atoms with E-state index in [0.717, 1.165) is 25.5 Å². The summed E-state index contributed by atoms with van der Waals surface area (Å²) in [5.41, 5.74) is 2.17. The van der Waals surface area contributed by atoms with E-state index >= 15 is 0 Å². The highest BCUT2D eigenvalue weighted by molar-refractivity contribution is 9.10. The molecule has 1 aromatic carbocycles. The minimum atomic E-state index is 0.919. The Bertz CT molecular complexity index is 466. The second-order valence-corrected chi connectivity index (χ2v) is 4.60. The lowest BCUT2D eigenvalue weighted by atomic mass is 10.2. The first-order valence-electron chi connectivity index (χ1n) is 3.89. The first-order valence-corrected chi connectivity index (χ1v) is 5.48. The molecule has 0 N–H and O–H groups in total. The molecule has 0 radical (unpaired) electrons. The van der Waals surface area contributed by atoms with E-state index < -0.39 is 0 Å². The fourth-order valence-electron chi connectivity index (χ4n) is 1.23. The topological polar surface area (TPSA) is 12.9 Å².